The predicted molar refractivity (Wildman–Crippen MR) is 119 cm³/mol. The van der Waals surface area contributed by atoms with Gasteiger partial charge in [-0.1, -0.05) is 54.1 Å². The van der Waals surface area contributed by atoms with Crippen molar-refractivity contribution in [3.8, 4) is 11.3 Å². The molecule has 2 heterocycles. The molecule has 4 rings (SSSR count). The molecule has 0 N–H and O–H groups in total. The first kappa shape index (κ1) is 21.6. The van der Waals surface area contributed by atoms with E-state index in [-0.39, 0.29) is 28.9 Å². The Balaban J connectivity index is 1.31. The van der Waals surface area contributed by atoms with Crippen molar-refractivity contribution in [1.82, 2.24) is 9.21 Å². The van der Waals surface area contributed by atoms with E-state index in [0.717, 1.165) is 17.1 Å². The number of furan rings is 1. The number of hydrogen-bond acceptors (Lipinski definition) is 4. The number of rotatable bonds is 6. The first-order valence-corrected chi connectivity index (χ1v) is 11.9. The Morgan fingerprint density at radius 2 is 1.58 bits per heavy atom. The summed E-state index contributed by atoms with van der Waals surface area (Å²) in [6, 6.07) is 20.0. The minimum atomic E-state index is -3.67. The Labute approximate surface area is 187 Å². The third-order valence-electron chi connectivity index (χ3n) is 5.35. The van der Waals surface area contributed by atoms with E-state index in [2.05, 4.69) is 0 Å². The smallest absolute Gasteiger partial charge is 0.244 e. The first-order chi connectivity index (χ1) is 14.9. The van der Waals surface area contributed by atoms with Gasteiger partial charge in [0.1, 0.15) is 16.4 Å². The van der Waals surface area contributed by atoms with Crippen LogP contribution in [0.25, 0.3) is 11.3 Å². The van der Waals surface area contributed by atoms with E-state index in [1.807, 2.05) is 42.5 Å². The van der Waals surface area contributed by atoms with Gasteiger partial charge in [0.25, 0.3) is 0 Å². The van der Waals surface area contributed by atoms with Crippen LogP contribution in [0, 0.1) is 0 Å². The van der Waals surface area contributed by atoms with Crippen molar-refractivity contribution in [2.75, 3.05) is 26.2 Å². The third-order valence-corrected chi connectivity index (χ3v) is 7.75. The maximum atomic E-state index is 12.8. The normalized spacial score (nSPS) is 15.2. The number of benzene rings is 2. The molecule has 3 aromatic rings. The van der Waals surface area contributed by atoms with Crippen molar-refractivity contribution in [3.05, 3.63) is 77.5 Å². The molecule has 0 atom stereocenters. The number of piperazine rings is 1. The number of carbonyl (C=O) groups is 1. The second-order valence-electron chi connectivity index (χ2n) is 7.35. The van der Waals surface area contributed by atoms with E-state index in [1.165, 1.54) is 10.4 Å². The molecule has 0 spiro atoms. The summed E-state index contributed by atoms with van der Waals surface area (Å²) < 4.78 is 32.9. The van der Waals surface area contributed by atoms with Gasteiger partial charge in [0, 0.05) is 44.6 Å². The fourth-order valence-corrected chi connectivity index (χ4v) is 5.54. The fraction of sp³-hybridized carbons (Fsp3) is 0.261. The summed E-state index contributed by atoms with van der Waals surface area (Å²) in [5.74, 6) is 1.53. The summed E-state index contributed by atoms with van der Waals surface area (Å²) >= 11 is 6.07. The quantitative estimate of drug-likeness (QED) is 0.558. The lowest BCUT2D eigenvalue weighted by Gasteiger charge is -2.34. The molecule has 0 unspecified atom stereocenters. The summed E-state index contributed by atoms with van der Waals surface area (Å²) in [5.41, 5.74) is 0.996. The Hall–Kier alpha value is -2.61. The minimum Gasteiger partial charge on any atom is -0.461 e. The molecule has 1 fully saturated rings. The van der Waals surface area contributed by atoms with Crippen LogP contribution in [0.3, 0.4) is 0 Å². The van der Waals surface area contributed by atoms with Gasteiger partial charge >= 0.3 is 0 Å². The zero-order valence-electron chi connectivity index (χ0n) is 16.9. The van der Waals surface area contributed by atoms with Gasteiger partial charge in [-0.05, 0) is 24.3 Å². The van der Waals surface area contributed by atoms with Gasteiger partial charge in [-0.3, -0.25) is 4.79 Å². The van der Waals surface area contributed by atoms with E-state index in [0.29, 0.717) is 25.9 Å². The molecule has 0 saturated carbocycles. The van der Waals surface area contributed by atoms with Gasteiger partial charge in [0.2, 0.25) is 15.9 Å². The summed E-state index contributed by atoms with van der Waals surface area (Å²) in [7, 11) is -3.67. The van der Waals surface area contributed by atoms with E-state index in [1.54, 1.807) is 23.1 Å². The van der Waals surface area contributed by atoms with Crippen LogP contribution < -0.4 is 0 Å². The Morgan fingerprint density at radius 1 is 0.903 bits per heavy atom. The topological polar surface area (TPSA) is 70.8 Å². The highest BCUT2D eigenvalue weighted by Gasteiger charge is 2.31. The van der Waals surface area contributed by atoms with Crippen LogP contribution >= 0.6 is 11.6 Å². The van der Waals surface area contributed by atoms with Gasteiger partial charge in [-0.2, -0.15) is 4.31 Å². The van der Waals surface area contributed by atoms with Crippen molar-refractivity contribution in [1.29, 1.82) is 0 Å². The fourth-order valence-electron chi connectivity index (χ4n) is 3.63. The molecule has 8 heteroatoms. The zero-order valence-corrected chi connectivity index (χ0v) is 18.5. The highest BCUT2D eigenvalue weighted by atomic mass is 35.5. The SMILES string of the molecule is O=C(CCc1ccc(-c2ccccc2)o1)N1CCN(S(=O)(=O)c2ccccc2Cl)CC1. The second kappa shape index (κ2) is 9.26. The van der Waals surface area contributed by atoms with Crippen molar-refractivity contribution < 1.29 is 17.6 Å². The highest BCUT2D eigenvalue weighted by molar-refractivity contribution is 7.89. The molecule has 0 radical (unpaired) electrons. The minimum absolute atomic E-state index is 0.00699. The lowest BCUT2D eigenvalue weighted by Crippen LogP contribution is -2.50. The molecular weight excluding hydrogens is 436 g/mol. The Bertz CT molecular complexity index is 1150. The number of halogens is 1. The van der Waals surface area contributed by atoms with Crippen LogP contribution in [-0.2, 0) is 21.2 Å². The summed E-state index contributed by atoms with van der Waals surface area (Å²) in [6.07, 6.45) is 0.822. The lowest BCUT2D eigenvalue weighted by atomic mass is 10.2. The highest BCUT2D eigenvalue weighted by Crippen LogP contribution is 2.25. The third kappa shape index (κ3) is 4.84. The molecule has 1 aliphatic rings. The van der Waals surface area contributed by atoms with Crippen LogP contribution in [0.15, 0.2) is 76.0 Å². The molecule has 1 saturated heterocycles. The van der Waals surface area contributed by atoms with Gasteiger partial charge in [-0.25, -0.2) is 8.42 Å². The van der Waals surface area contributed by atoms with E-state index < -0.39 is 10.0 Å². The summed E-state index contributed by atoms with van der Waals surface area (Å²) in [6.45, 7) is 1.21. The number of aryl methyl sites for hydroxylation is 1. The van der Waals surface area contributed by atoms with Crippen LogP contribution in [0.2, 0.25) is 5.02 Å². The van der Waals surface area contributed by atoms with Crippen molar-refractivity contribution in [3.63, 3.8) is 0 Å². The number of hydrogen-bond donors (Lipinski definition) is 0. The molecule has 2 aromatic carbocycles. The Kier molecular flexibility index (Phi) is 6.46. The molecule has 0 aliphatic carbocycles. The standard InChI is InChI=1S/C23H23ClN2O4S/c24-20-8-4-5-9-22(20)31(28,29)26-16-14-25(15-17-26)23(27)13-11-19-10-12-21(30-19)18-6-2-1-3-7-18/h1-10,12H,11,13-17H2. The zero-order chi connectivity index (χ0) is 21.8. The maximum absolute atomic E-state index is 12.8. The van der Waals surface area contributed by atoms with Crippen LogP contribution in [0.1, 0.15) is 12.2 Å². The summed E-state index contributed by atoms with van der Waals surface area (Å²) in [5, 5.41) is 0.203. The molecule has 162 valence electrons. The van der Waals surface area contributed by atoms with Crippen molar-refractivity contribution >= 4 is 27.5 Å². The average molecular weight is 459 g/mol. The van der Waals surface area contributed by atoms with Gasteiger partial charge in [-0.15, -0.1) is 0 Å². The molecular formula is C23H23ClN2O4S. The number of nitrogens with zero attached hydrogens (tertiary/aromatic N) is 2. The second-order valence-corrected chi connectivity index (χ2v) is 9.66. The summed E-state index contributed by atoms with van der Waals surface area (Å²) in [4.78, 5) is 14.4. The molecule has 6 nitrogen and oxygen atoms in total. The van der Waals surface area contributed by atoms with Crippen LogP contribution in [0.5, 0.6) is 0 Å². The van der Waals surface area contributed by atoms with Crippen molar-refractivity contribution in [2.45, 2.75) is 17.7 Å². The first-order valence-electron chi connectivity index (χ1n) is 10.1. The molecule has 1 aliphatic heterocycles. The lowest BCUT2D eigenvalue weighted by molar-refractivity contribution is -0.132. The molecule has 1 aromatic heterocycles. The molecule has 1 amide bonds. The Morgan fingerprint density at radius 3 is 2.29 bits per heavy atom. The van der Waals surface area contributed by atoms with E-state index in [4.69, 9.17) is 16.0 Å². The number of amides is 1. The van der Waals surface area contributed by atoms with E-state index in [9.17, 15) is 13.2 Å². The van der Waals surface area contributed by atoms with Crippen LogP contribution in [-0.4, -0.2) is 49.7 Å². The number of carbonyl (C=O) groups excluding carboxylic acids is 1. The van der Waals surface area contributed by atoms with Gasteiger partial charge < -0.3 is 9.32 Å². The van der Waals surface area contributed by atoms with Gasteiger partial charge in [0.05, 0.1) is 5.02 Å². The van der Waals surface area contributed by atoms with Crippen molar-refractivity contribution in [2.24, 2.45) is 0 Å². The largest absolute Gasteiger partial charge is 0.461 e. The molecule has 31 heavy (non-hydrogen) atoms. The monoisotopic (exact) mass is 458 g/mol. The van der Waals surface area contributed by atoms with E-state index >= 15 is 0 Å². The molecule has 0 bridgehead atoms. The number of sulfonamides is 1. The predicted octanol–water partition coefficient (Wildman–Crippen LogP) is 4.07. The maximum Gasteiger partial charge on any atom is 0.244 e. The average Bonchev–Trinajstić information content (AvgIpc) is 3.27. The van der Waals surface area contributed by atoms with Crippen LogP contribution in [0.4, 0.5) is 0 Å². The van der Waals surface area contributed by atoms with Gasteiger partial charge in [0.15, 0.2) is 0 Å².